The van der Waals surface area contributed by atoms with Gasteiger partial charge in [-0.3, -0.25) is 4.79 Å². The van der Waals surface area contributed by atoms with E-state index in [2.05, 4.69) is 34.6 Å². The summed E-state index contributed by atoms with van der Waals surface area (Å²) < 4.78 is 6.02. The highest BCUT2D eigenvalue weighted by Gasteiger charge is 2.48. The monoisotopic (exact) mass is 222 g/mol. The molecule has 0 saturated carbocycles. The van der Waals surface area contributed by atoms with E-state index in [0.29, 0.717) is 12.2 Å². The highest BCUT2D eigenvalue weighted by atomic mass is 16.5. The average molecular weight is 222 g/mol. The van der Waals surface area contributed by atoms with Crippen LogP contribution in [-0.4, -0.2) is 11.4 Å². The standard InChI is InChI=1S/C14H22O2/c1-6-9-12-10(15)7-13(2,3)8-11(12)16-14(9,4)5/h9H,6-8H2,1-5H3. The van der Waals surface area contributed by atoms with Crippen LogP contribution in [-0.2, 0) is 9.53 Å². The molecule has 2 heteroatoms. The number of hydrogen-bond acceptors (Lipinski definition) is 2. The summed E-state index contributed by atoms with van der Waals surface area (Å²) in [5.74, 6) is 1.56. The van der Waals surface area contributed by atoms with Gasteiger partial charge in [-0.25, -0.2) is 0 Å². The third-order valence-electron chi connectivity index (χ3n) is 3.86. The zero-order chi connectivity index (χ0) is 12.1. The Labute approximate surface area is 98.1 Å². The van der Waals surface area contributed by atoms with Crippen molar-refractivity contribution in [3.05, 3.63) is 11.3 Å². The molecule has 2 rings (SSSR count). The molecule has 16 heavy (non-hydrogen) atoms. The van der Waals surface area contributed by atoms with Crippen molar-refractivity contribution in [2.45, 2.75) is 59.5 Å². The van der Waals surface area contributed by atoms with Crippen molar-refractivity contribution in [1.29, 1.82) is 0 Å². The fraction of sp³-hybridized carbons (Fsp3) is 0.786. The molecule has 0 radical (unpaired) electrons. The number of rotatable bonds is 1. The minimum absolute atomic E-state index is 0.0641. The summed E-state index contributed by atoms with van der Waals surface area (Å²) in [6.07, 6.45) is 2.56. The number of Topliss-reactive ketones (excluding diaryl/α,β-unsaturated/α-hetero) is 1. The quantitative estimate of drug-likeness (QED) is 0.679. The van der Waals surface area contributed by atoms with Gasteiger partial charge in [0.05, 0.1) is 0 Å². The normalized spacial score (nSPS) is 31.3. The van der Waals surface area contributed by atoms with Gasteiger partial charge in [0, 0.05) is 24.3 Å². The van der Waals surface area contributed by atoms with Gasteiger partial charge in [0.25, 0.3) is 0 Å². The van der Waals surface area contributed by atoms with Crippen molar-refractivity contribution < 1.29 is 9.53 Å². The zero-order valence-electron chi connectivity index (χ0n) is 11.0. The van der Waals surface area contributed by atoms with Crippen LogP contribution in [0.4, 0.5) is 0 Å². The molecular weight excluding hydrogens is 200 g/mol. The van der Waals surface area contributed by atoms with Crippen LogP contribution < -0.4 is 0 Å². The van der Waals surface area contributed by atoms with Crippen LogP contribution in [0.2, 0.25) is 0 Å². The molecule has 0 fully saturated rings. The van der Waals surface area contributed by atoms with Crippen molar-refractivity contribution in [3.63, 3.8) is 0 Å². The van der Waals surface area contributed by atoms with Gasteiger partial charge in [-0.1, -0.05) is 20.8 Å². The van der Waals surface area contributed by atoms with Crippen LogP contribution in [0.15, 0.2) is 11.3 Å². The summed E-state index contributed by atoms with van der Waals surface area (Å²) in [6.45, 7) is 10.6. The molecule has 1 unspecified atom stereocenters. The van der Waals surface area contributed by atoms with Gasteiger partial charge in [-0.2, -0.15) is 0 Å². The molecule has 1 aliphatic carbocycles. The van der Waals surface area contributed by atoms with Gasteiger partial charge in [0.15, 0.2) is 5.78 Å². The van der Waals surface area contributed by atoms with Crippen molar-refractivity contribution in [3.8, 4) is 0 Å². The number of ether oxygens (including phenoxy) is 1. The lowest BCUT2D eigenvalue weighted by Gasteiger charge is -2.29. The van der Waals surface area contributed by atoms with Crippen molar-refractivity contribution in [2.24, 2.45) is 11.3 Å². The molecule has 0 aromatic rings. The topological polar surface area (TPSA) is 26.3 Å². The first-order valence-corrected chi connectivity index (χ1v) is 6.22. The second kappa shape index (κ2) is 3.35. The molecule has 1 atom stereocenters. The second-order valence-corrected chi connectivity index (χ2v) is 6.44. The summed E-state index contributed by atoms with van der Waals surface area (Å²) in [6, 6.07) is 0. The summed E-state index contributed by atoms with van der Waals surface area (Å²) in [4.78, 5) is 12.2. The minimum atomic E-state index is -0.199. The molecular formula is C14H22O2. The zero-order valence-corrected chi connectivity index (χ0v) is 11.0. The molecule has 0 aromatic carbocycles. The molecule has 0 spiro atoms. The first-order valence-electron chi connectivity index (χ1n) is 6.22. The lowest BCUT2D eigenvalue weighted by molar-refractivity contribution is -0.118. The SMILES string of the molecule is CCC1C2=C(CC(C)(C)CC2=O)OC1(C)C. The first-order chi connectivity index (χ1) is 7.27. The van der Waals surface area contributed by atoms with E-state index >= 15 is 0 Å². The molecule has 1 aliphatic heterocycles. The van der Waals surface area contributed by atoms with Crippen LogP contribution in [0.3, 0.4) is 0 Å². The largest absolute Gasteiger partial charge is 0.491 e. The number of ketones is 1. The first kappa shape index (κ1) is 11.7. The van der Waals surface area contributed by atoms with E-state index in [1.54, 1.807) is 0 Å². The molecule has 2 aliphatic rings. The molecule has 0 aromatic heterocycles. The molecule has 0 amide bonds. The Morgan fingerprint density at radius 1 is 1.25 bits per heavy atom. The Morgan fingerprint density at radius 2 is 1.88 bits per heavy atom. The van der Waals surface area contributed by atoms with Gasteiger partial charge in [0.2, 0.25) is 0 Å². The Balaban J connectivity index is 2.40. The van der Waals surface area contributed by atoms with E-state index in [4.69, 9.17) is 4.74 Å². The second-order valence-electron chi connectivity index (χ2n) is 6.44. The van der Waals surface area contributed by atoms with Crippen LogP contribution in [0.25, 0.3) is 0 Å². The predicted octanol–water partition coefficient (Wildman–Crippen LogP) is 3.46. The van der Waals surface area contributed by atoms with Crippen molar-refractivity contribution in [1.82, 2.24) is 0 Å². The van der Waals surface area contributed by atoms with Crippen LogP contribution in [0.1, 0.15) is 53.9 Å². The predicted molar refractivity (Wildman–Crippen MR) is 64.0 cm³/mol. The smallest absolute Gasteiger partial charge is 0.163 e. The third kappa shape index (κ3) is 1.68. The molecule has 90 valence electrons. The highest BCUT2D eigenvalue weighted by Crippen LogP contribution is 2.49. The molecule has 2 nitrogen and oxygen atoms in total. The molecule has 0 saturated heterocycles. The van der Waals surface area contributed by atoms with Crippen LogP contribution in [0.5, 0.6) is 0 Å². The Bertz CT molecular complexity index is 361. The number of carbonyl (C=O) groups is 1. The lowest BCUT2D eigenvalue weighted by Crippen LogP contribution is -2.31. The Kier molecular flexibility index (Phi) is 2.45. The van der Waals surface area contributed by atoms with E-state index in [-0.39, 0.29) is 16.9 Å². The van der Waals surface area contributed by atoms with E-state index in [9.17, 15) is 4.79 Å². The summed E-state index contributed by atoms with van der Waals surface area (Å²) in [5, 5.41) is 0. The third-order valence-corrected chi connectivity index (χ3v) is 3.86. The molecule has 0 N–H and O–H groups in total. The fourth-order valence-corrected chi connectivity index (χ4v) is 3.19. The van der Waals surface area contributed by atoms with E-state index in [1.165, 1.54) is 0 Å². The summed E-state index contributed by atoms with van der Waals surface area (Å²) in [5.41, 5.74) is 0.858. The van der Waals surface area contributed by atoms with Gasteiger partial charge >= 0.3 is 0 Å². The van der Waals surface area contributed by atoms with Crippen LogP contribution >= 0.6 is 0 Å². The maximum atomic E-state index is 12.2. The fourth-order valence-electron chi connectivity index (χ4n) is 3.19. The van der Waals surface area contributed by atoms with E-state index in [0.717, 1.165) is 24.2 Å². The number of carbonyl (C=O) groups excluding carboxylic acids is 1. The van der Waals surface area contributed by atoms with Gasteiger partial charge in [-0.05, 0) is 25.7 Å². The Hall–Kier alpha value is -0.790. The van der Waals surface area contributed by atoms with Crippen molar-refractivity contribution >= 4 is 5.78 Å². The lowest BCUT2D eigenvalue weighted by atomic mass is 9.72. The molecule has 1 heterocycles. The maximum Gasteiger partial charge on any atom is 0.163 e. The summed E-state index contributed by atoms with van der Waals surface area (Å²) >= 11 is 0. The summed E-state index contributed by atoms with van der Waals surface area (Å²) in [7, 11) is 0. The Morgan fingerprint density at radius 3 is 2.44 bits per heavy atom. The van der Waals surface area contributed by atoms with Crippen LogP contribution in [0, 0.1) is 11.3 Å². The van der Waals surface area contributed by atoms with Gasteiger partial charge in [0.1, 0.15) is 11.4 Å². The van der Waals surface area contributed by atoms with Gasteiger partial charge in [-0.15, -0.1) is 0 Å². The highest BCUT2D eigenvalue weighted by molar-refractivity contribution is 5.98. The van der Waals surface area contributed by atoms with Gasteiger partial charge < -0.3 is 4.74 Å². The number of hydrogen-bond donors (Lipinski definition) is 0. The minimum Gasteiger partial charge on any atom is -0.491 e. The van der Waals surface area contributed by atoms with Crippen molar-refractivity contribution in [2.75, 3.05) is 0 Å². The average Bonchev–Trinajstić information content (AvgIpc) is 2.32. The maximum absolute atomic E-state index is 12.2. The molecule has 0 bridgehead atoms. The number of allylic oxidation sites excluding steroid dienone is 1. The van der Waals surface area contributed by atoms with E-state index < -0.39 is 0 Å². The van der Waals surface area contributed by atoms with E-state index in [1.807, 2.05) is 0 Å².